The molecule has 0 bridgehead atoms. The average molecular weight is 519 g/mol. The van der Waals surface area contributed by atoms with E-state index in [0.29, 0.717) is 29.7 Å². The maximum absolute atomic E-state index is 16.0. The van der Waals surface area contributed by atoms with Crippen LogP contribution in [0, 0.1) is 6.92 Å². The van der Waals surface area contributed by atoms with Crippen LogP contribution in [0.1, 0.15) is 43.0 Å². The molecule has 1 aliphatic heterocycles. The summed E-state index contributed by atoms with van der Waals surface area (Å²) in [6, 6.07) is 6.94. The summed E-state index contributed by atoms with van der Waals surface area (Å²) in [5.74, 6) is -3.49. The normalized spacial score (nSPS) is 17.2. The van der Waals surface area contributed by atoms with Gasteiger partial charge >= 0.3 is 0 Å². The minimum Gasteiger partial charge on any atom is -0.305 e. The second-order valence-corrected chi connectivity index (χ2v) is 9.23. The summed E-state index contributed by atoms with van der Waals surface area (Å²) in [5.41, 5.74) is 2.29. The molecule has 4 heterocycles. The second-order valence-electron chi connectivity index (χ2n) is 9.23. The Morgan fingerprint density at radius 1 is 1.11 bits per heavy atom. The highest BCUT2D eigenvalue weighted by atomic mass is 19.1. The molecule has 12 heteroatoms. The Morgan fingerprint density at radius 2 is 1.87 bits per heavy atom. The number of aromatic nitrogens is 6. The number of anilines is 1. The number of carbonyl (C=O) groups excluding carboxylic acids is 3. The molecule has 0 saturated carbocycles. The van der Waals surface area contributed by atoms with Crippen LogP contribution >= 0.6 is 0 Å². The molecule has 5 rings (SSSR count). The van der Waals surface area contributed by atoms with Crippen LogP contribution in [0.2, 0.25) is 0 Å². The molecule has 4 aromatic rings. The van der Waals surface area contributed by atoms with Crippen LogP contribution in [0.25, 0.3) is 22.0 Å². The number of carbonyl (C=O) groups is 3. The lowest BCUT2D eigenvalue weighted by Crippen LogP contribution is -2.53. The van der Waals surface area contributed by atoms with Crippen molar-refractivity contribution in [3.05, 3.63) is 54.4 Å². The molecule has 1 fully saturated rings. The highest BCUT2D eigenvalue weighted by molar-refractivity contribution is 6.06. The number of hydrogen-bond donors (Lipinski definition) is 1. The number of Topliss-reactive ketones (excluding diaryl/α,β-unsaturated/α-hetero) is 1. The van der Waals surface area contributed by atoms with Gasteiger partial charge in [0.15, 0.2) is 11.6 Å². The van der Waals surface area contributed by atoms with E-state index >= 15 is 4.39 Å². The molecular formula is C26H27FN8O3. The van der Waals surface area contributed by atoms with Gasteiger partial charge in [0.1, 0.15) is 18.1 Å². The third-order valence-electron chi connectivity index (χ3n) is 6.66. The molecule has 1 N–H and O–H groups in total. The van der Waals surface area contributed by atoms with Crippen LogP contribution < -0.4 is 5.32 Å². The number of aryl methyl sites for hydroxylation is 2. The lowest BCUT2D eigenvalue weighted by molar-refractivity contribution is -0.153. The van der Waals surface area contributed by atoms with E-state index in [2.05, 4.69) is 25.5 Å². The fourth-order valence-corrected chi connectivity index (χ4v) is 4.65. The molecule has 196 valence electrons. The zero-order chi connectivity index (χ0) is 27.0. The van der Waals surface area contributed by atoms with Crippen molar-refractivity contribution in [3.63, 3.8) is 0 Å². The van der Waals surface area contributed by atoms with E-state index in [1.54, 1.807) is 48.4 Å². The first kappa shape index (κ1) is 25.2. The van der Waals surface area contributed by atoms with Crippen molar-refractivity contribution in [1.82, 2.24) is 34.4 Å². The number of rotatable bonds is 7. The first-order valence-corrected chi connectivity index (χ1v) is 12.3. The summed E-state index contributed by atoms with van der Waals surface area (Å²) in [5, 5.41) is 11.6. The zero-order valence-electron chi connectivity index (χ0n) is 21.3. The van der Waals surface area contributed by atoms with Gasteiger partial charge in [-0.05, 0) is 38.0 Å². The van der Waals surface area contributed by atoms with E-state index in [-0.39, 0.29) is 36.8 Å². The summed E-state index contributed by atoms with van der Waals surface area (Å²) < 4.78 is 19.0. The number of alkyl halides is 1. The number of ketones is 1. The molecule has 1 aliphatic rings. The summed E-state index contributed by atoms with van der Waals surface area (Å²) in [7, 11) is 0. The number of amides is 2. The van der Waals surface area contributed by atoms with E-state index in [9.17, 15) is 14.4 Å². The Kier molecular flexibility index (Phi) is 6.47. The molecule has 1 atom stereocenters. The monoisotopic (exact) mass is 518 g/mol. The van der Waals surface area contributed by atoms with E-state index in [1.807, 2.05) is 13.0 Å². The van der Waals surface area contributed by atoms with Gasteiger partial charge in [0.05, 0.1) is 5.52 Å². The smallest absolute Gasteiger partial charge is 0.284 e. The highest BCUT2D eigenvalue weighted by Crippen LogP contribution is 2.33. The van der Waals surface area contributed by atoms with Crippen LogP contribution in [0.15, 0.2) is 42.9 Å². The zero-order valence-corrected chi connectivity index (χ0v) is 21.3. The number of benzene rings is 1. The van der Waals surface area contributed by atoms with Crippen molar-refractivity contribution in [2.45, 2.75) is 52.5 Å². The van der Waals surface area contributed by atoms with Crippen LogP contribution in [-0.2, 0) is 22.7 Å². The Morgan fingerprint density at radius 3 is 2.55 bits per heavy atom. The van der Waals surface area contributed by atoms with Gasteiger partial charge in [-0.3, -0.25) is 23.7 Å². The summed E-state index contributed by atoms with van der Waals surface area (Å²) in [4.78, 5) is 48.0. The van der Waals surface area contributed by atoms with Gasteiger partial charge in [0.2, 0.25) is 5.91 Å². The molecule has 0 unspecified atom stereocenters. The maximum Gasteiger partial charge on any atom is 0.284 e. The standard InChI is InChI=1S/C26H27FN8O3/c1-4-33-11-8-22(31-33)30-25(38)26(27)9-5-10-34(26)23(37)15-35-21-7-6-18(19-13-28-17(3)29-14-19)12-20(21)24(32-35)16(2)36/h6-8,11-14H,4-5,9-10,15H2,1-3H3,(H,30,31,38)/t26-/m1/s1. The van der Waals surface area contributed by atoms with Crippen LogP contribution in [-0.4, -0.2) is 64.4 Å². The minimum atomic E-state index is -2.52. The van der Waals surface area contributed by atoms with Crippen molar-refractivity contribution in [2.75, 3.05) is 11.9 Å². The predicted molar refractivity (Wildman–Crippen MR) is 137 cm³/mol. The van der Waals surface area contributed by atoms with Gasteiger partial charge in [-0.15, -0.1) is 0 Å². The first-order valence-electron chi connectivity index (χ1n) is 12.3. The summed E-state index contributed by atoms with van der Waals surface area (Å²) in [6.07, 6.45) is 5.26. The van der Waals surface area contributed by atoms with Crippen molar-refractivity contribution in [2.24, 2.45) is 0 Å². The minimum absolute atomic E-state index is 0.0858. The van der Waals surface area contributed by atoms with Gasteiger partial charge in [-0.1, -0.05) is 6.07 Å². The third kappa shape index (κ3) is 4.53. The van der Waals surface area contributed by atoms with Gasteiger partial charge in [0, 0.05) is 62.0 Å². The Balaban J connectivity index is 1.41. The van der Waals surface area contributed by atoms with Crippen LogP contribution in [0.3, 0.4) is 0 Å². The molecule has 0 spiro atoms. The highest BCUT2D eigenvalue weighted by Gasteiger charge is 2.50. The number of likely N-dealkylation sites (tertiary alicyclic amines) is 1. The SMILES string of the molecule is CCn1ccc(NC(=O)[C@@]2(F)CCCN2C(=O)Cn2nc(C(C)=O)c3cc(-c4cnc(C)nc4)ccc32)n1. The molecule has 0 radical (unpaired) electrons. The van der Waals surface area contributed by atoms with Gasteiger partial charge < -0.3 is 10.2 Å². The number of halogens is 1. The number of hydrogen-bond acceptors (Lipinski definition) is 7. The van der Waals surface area contributed by atoms with E-state index in [4.69, 9.17) is 0 Å². The molecule has 0 aliphatic carbocycles. The number of nitrogens with zero attached hydrogens (tertiary/aromatic N) is 7. The van der Waals surface area contributed by atoms with E-state index in [0.717, 1.165) is 16.0 Å². The van der Waals surface area contributed by atoms with E-state index in [1.165, 1.54) is 11.6 Å². The summed E-state index contributed by atoms with van der Waals surface area (Å²) >= 11 is 0. The predicted octanol–water partition coefficient (Wildman–Crippen LogP) is 3.15. The van der Waals surface area contributed by atoms with Crippen LogP contribution in [0.5, 0.6) is 0 Å². The van der Waals surface area contributed by atoms with Gasteiger partial charge in [0.25, 0.3) is 11.7 Å². The molecule has 11 nitrogen and oxygen atoms in total. The maximum atomic E-state index is 16.0. The van der Waals surface area contributed by atoms with Crippen molar-refractivity contribution >= 4 is 34.3 Å². The van der Waals surface area contributed by atoms with Gasteiger partial charge in [-0.25, -0.2) is 14.4 Å². The topological polar surface area (TPSA) is 128 Å². The molecule has 1 aromatic carbocycles. The van der Waals surface area contributed by atoms with Gasteiger partial charge in [-0.2, -0.15) is 10.2 Å². The Hall–Kier alpha value is -4.48. The van der Waals surface area contributed by atoms with Crippen molar-refractivity contribution in [1.29, 1.82) is 0 Å². The lowest BCUT2D eigenvalue weighted by Gasteiger charge is -2.29. The fraction of sp³-hybridized carbons (Fsp3) is 0.346. The van der Waals surface area contributed by atoms with Crippen molar-refractivity contribution < 1.29 is 18.8 Å². The average Bonchev–Trinajstić information content (AvgIpc) is 3.62. The molecule has 2 amide bonds. The van der Waals surface area contributed by atoms with Crippen molar-refractivity contribution in [3.8, 4) is 11.1 Å². The third-order valence-corrected chi connectivity index (χ3v) is 6.66. The second kappa shape index (κ2) is 9.77. The molecule has 3 aromatic heterocycles. The lowest BCUT2D eigenvalue weighted by atomic mass is 10.0. The number of nitrogens with one attached hydrogen (secondary N) is 1. The van der Waals surface area contributed by atoms with E-state index < -0.39 is 17.6 Å². The summed E-state index contributed by atoms with van der Waals surface area (Å²) in [6.45, 7) is 5.43. The molecule has 1 saturated heterocycles. The number of fused-ring (bicyclic) bond motifs is 1. The molecule has 38 heavy (non-hydrogen) atoms. The fourth-order valence-electron chi connectivity index (χ4n) is 4.65. The Labute approximate surface area is 217 Å². The Bertz CT molecular complexity index is 1540. The largest absolute Gasteiger partial charge is 0.305 e. The quantitative estimate of drug-likeness (QED) is 0.294. The first-order chi connectivity index (χ1) is 18.2. The molecular weight excluding hydrogens is 491 g/mol. The van der Waals surface area contributed by atoms with Crippen LogP contribution in [0.4, 0.5) is 10.2 Å².